The number of carbonyl (C=O) groups excluding carboxylic acids is 2. The van der Waals surface area contributed by atoms with Crippen LogP contribution in [-0.2, 0) is 11.3 Å². The number of ketones is 1. The van der Waals surface area contributed by atoms with Crippen molar-refractivity contribution >= 4 is 23.5 Å². The fourth-order valence-electron chi connectivity index (χ4n) is 2.97. The lowest BCUT2D eigenvalue weighted by molar-refractivity contribution is 0.0526. The second kappa shape index (κ2) is 9.01. The first-order chi connectivity index (χ1) is 12.7. The molecule has 0 amide bonds. The van der Waals surface area contributed by atoms with E-state index in [1.54, 1.807) is 31.2 Å². The summed E-state index contributed by atoms with van der Waals surface area (Å²) in [6, 6.07) is 14.5. The molecule has 1 aliphatic rings. The van der Waals surface area contributed by atoms with Gasteiger partial charge >= 0.3 is 5.97 Å². The topological polar surface area (TPSA) is 46.6 Å². The zero-order chi connectivity index (χ0) is 18.4. The third-order valence-electron chi connectivity index (χ3n) is 4.36. The van der Waals surface area contributed by atoms with Gasteiger partial charge in [0, 0.05) is 42.3 Å². The fourth-order valence-corrected chi connectivity index (χ4v) is 3.95. The molecule has 0 aromatic heterocycles. The van der Waals surface area contributed by atoms with Crippen molar-refractivity contribution < 1.29 is 14.3 Å². The summed E-state index contributed by atoms with van der Waals surface area (Å²) in [6.45, 7) is 5.17. The third kappa shape index (κ3) is 4.74. The zero-order valence-corrected chi connectivity index (χ0v) is 15.8. The maximum Gasteiger partial charge on any atom is 0.338 e. The molecule has 26 heavy (non-hydrogen) atoms. The van der Waals surface area contributed by atoms with E-state index in [0.717, 1.165) is 25.2 Å². The Labute approximate surface area is 158 Å². The van der Waals surface area contributed by atoms with Crippen molar-refractivity contribution in [1.29, 1.82) is 0 Å². The molecular weight excluding hydrogens is 346 g/mol. The van der Waals surface area contributed by atoms with Crippen molar-refractivity contribution in [3.8, 4) is 0 Å². The smallest absolute Gasteiger partial charge is 0.338 e. The van der Waals surface area contributed by atoms with Crippen LogP contribution in [0.2, 0.25) is 0 Å². The molecule has 2 aromatic carbocycles. The number of carbonyl (C=O) groups is 2. The molecule has 0 saturated carbocycles. The average Bonchev–Trinajstić information content (AvgIpc) is 2.69. The van der Waals surface area contributed by atoms with Gasteiger partial charge in [-0.2, -0.15) is 11.8 Å². The Morgan fingerprint density at radius 2 is 1.69 bits per heavy atom. The van der Waals surface area contributed by atoms with E-state index < -0.39 is 0 Å². The molecule has 0 radical (unpaired) electrons. The Morgan fingerprint density at radius 3 is 2.38 bits per heavy atom. The van der Waals surface area contributed by atoms with E-state index in [1.807, 2.05) is 30.0 Å². The lowest BCUT2D eigenvalue weighted by Crippen LogP contribution is -2.31. The van der Waals surface area contributed by atoms with Crippen molar-refractivity contribution in [1.82, 2.24) is 4.90 Å². The van der Waals surface area contributed by atoms with Gasteiger partial charge in [0.2, 0.25) is 0 Å². The van der Waals surface area contributed by atoms with Crippen molar-refractivity contribution in [2.45, 2.75) is 13.5 Å². The largest absolute Gasteiger partial charge is 0.462 e. The summed E-state index contributed by atoms with van der Waals surface area (Å²) in [5.41, 5.74) is 2.87. The molecule has 0 spiro atoms. The standard InChI is InChI=1S/C21H23NO3S/c1-2-25-21(24)18-8-6-17(7-9-18)20(23)19-5-3-4-16(14-19)15-22-10-12-26-13-11-22/h3-9,14H,2,10-13,15H2,1H3. The third-order valence-corrected chi connectivity index (χ3v) is 5.30. The molecule has 1 heterocycles. The minimum absolute atomic E-state index is 0.0311. The molecule has 0 bridgehead atoms. The number of benzene rings is 2. The summed E-state index contributed by atoms with van der Waals surface area (Å²) in [6.07, 6.45) is 0. The van der Waals surface area contributed by atoms with E-state index in [2.05, 4.69) is 11.0 Å². The quantitative estimate of drug-likeness (QED) is 0.575. The van der Waals surface area contributed by atoms with Gasteiger partial charge in [0.25, 0.3) is 0 Å². The molecule has 0 aliphatic carbocycles. The molecule has 4 nitrogen and oxygen atoms in total. The number of hydrogen-bond donors (Lipinski definition) is 0. The predicted molar refractivity (Wildman–Crippen MR) is 105 cm³/mol. The minimum atomic E-state index is -0.367. The SMILES string of the molecule is CCOC(=O)c1ccc(C(=O)c2cccc(CN3CCSCC3)c2)cc1. The van der Waals surface area contributed by atoms with Gasteiger partial charge in [-0.3, -0.25) is 9.69 Å². The first kappa shape index (κ1) is 18.7. The van der Waals surface area contributed by atoms with E-state index in [-0.39, 0.29) is 11.8 Å². The molecule has 0 unspecified atom stereocenters. The number of rotatable bonds is 6. The lowest BCUT2D eigenvalue weighted by Gasteiger charge is -2.26. The van der Waals surface area contributed by atoms with E-state index in [4.69, 9.17) is 4.74 Å². The Bertz CT molecular complexity index is 767. The molecule has 1 fully saturated rings. The van der Waals surface area contributed by atoms with Gasteiger partial charge in [-0.25, -0.2) is 4.79 Å². The molecule has 2 aromatic rings. The number of ether oxygens (including phenoxy) is 1. The van der Waals surface area contributed by atoms with Crippen LogP contribution in [0.5, 0.6) is 0 Å². The predicted octanol–water partition coefficient (Wildman–Crippen LogP) is 3.64. The maximum absolute atomic E-state index is 12.8. The summed E-state index contributed by atoms with van der Waals surface area (Å²) in [4.78, 5) is 26.9. The second-order valence-electron chi connectivity index (χ2n) is 6.22. The first-order valence-electron chi connectivity index (χ1n) is 8.88. The second-order valence-corrected chi connectivity index (χ2v) is 7.44. The Balaban J connectivity index is 1.71. The monoisotopic (exact) mass is 369 g/mol. The molecule has 136 valence electrons. The highest BCUT2D eigenvalue weighted by molar-refractivity contribution is 7.99. The number of thioether (sulfide) groups is 1. The van der Waals surface area contributed by atoms with Crippen LogP contribution >= 0.6 is 11.8 Å². The normalized spacial score (nSPS) is 14.8. The van der Waals surface area contributed by atoms with Crippen molar-refractivity contribution in [2.24, 2.45) is 0 Å². The summed E-state index contributed by atoms with van der Waals surface area (Å²) in [5, 5.41) is 0. The Kier molecular flexibility index (Phi) is 6.47. The Morgan fingerprint density at radius 1 is 1.00 bits per heavy atom. The highest BCUT2D eigenvalue weighted by Gasteiger charge is 2.14. The van der Waals surface area contributed by atoms with Gasteiger partial charge in [0.1, 0.15) is 0 Å². The van der Waals surface area contributed by atoms with Crippen LogP contribution in [0.3, 0.4) is 0 Å². The van der Waals surface area contributed by atoms with Gasteiger partial charge < -0.3 is 4.74 Å². The zero-order valence-electron chi connectivity index (χ0n) is 14.9. The summed E-state index contributed by atoms with van der Waals surface area (Å²) < 4.78 is 4.97. The number of esters is 1. The van der Waals surface area contributed by atoms with Gasteiger partial charge in [-0.05, 0) is 30.7 Å². The average molecular weight is 369 g/mol. The highest BCUT2D eigenvalue weighted by atomic mass is 32.2. The Hall–Kier alpha value is -2.11. The van der Waals surface area contributed by atoms with E-state index in [0.29, 0.717) is 23.3 Å². The summed E-state index contributed by atoms with van der Waals surface area (Å²) >= 11 is 1.99. The molecular formula is C21H23NO3S. The van der Waals surface area contributed by atoms with E-state index >= 15 is 0 Å². The van der Waals surface area contributed by atoms with Crippen LogP contribution in [0.1, 0.15) is 38.8 Å². The van der Waals surface area contributed by atoms with Crippen molar-refractivity contribution in [2.75, 3.05) is 31.2 Å². The minimum Gasteiger partial charge on any atom is -0.462 e. The van der Waals surface area contributed by atoms with E-state index in [1.165, 1.54) is 11.5 Å². The molecule has 3 rings (SSSR count). The summed E-state index contributed by atoms with van der Waals surface area (Å²) in [7, 11) is 0. The summed E-state index contributed by atoms with van der Waals surface area (Å²) in [5.74, 6) is 1.95. The fraction of sp³-hybridized carbons (Fsp3) is 0.333. The van der Waals surface area contributed by atoms with Crippen LogP contribution in [0, 0.1) is 0 Å². The molecule has 5 heteroatoms. The number of hydrogen-bond acceptors (Lipinski definition) is 5. The van der Waals surface area contributed by atoms with E-state index in [9.17, 15) is 9.59 Å². The van der Waals surface area contributed by atoms with Gasteiger partial charge in [0.05, 0.1) is 12.2 Å². The highest BCUT2D eigenvalue weighted by Crippen LogP contribution is 2.17. The maximum atomic E-state index is 12.8. The van der Waals surface area contributed by atoms with Crippen LogP contribution in [0.4, 0.5) is 0 Å². The van der Waals surface area contributed by atoms with Gasteiger partial charge in [-0.1, -0.05) is 30.3 Å². The van der Waals surface area contributed by atoms with Crippen molar-refractivity contribution in [3.05, 3.63) is 70.8 Å². The van der Waals surface area contributed by atoms with Gasteiger partial charge in [-0.15, -0.1) is 0 Å². The molecule has 1 saturated heterocycles. The first-order valence-corrected chi connectivity index (χ1v) is 10.0. The molecule has 0 N–H and O–H groups in total. The van der Waals surface area contributed by atoms with Gasteiger partial charge in [0.15, 0.2) is 5.78 Å². The van der Waals surface area contributed by atoms with Crippen LogP contribution in [0.25, 0.3) is 0 Å². The molecule has 0 atom stereocenters. The van der Waals surface area contributed by atoms with Crippen LogP contribution < -0.4 is 0 Å². The van der Waals surface area contributed by atoms with Crippen LogP contribution in [0.15, 0.2) is 48.5 Å². The lowest BCUT2D eigenvalue weighted by atomic mass is 10.00. The molecule has 1 aliphatic heterocycles. The number of nitrogens with zero attached hydrogens (tertiary/aromatic N) is 1. The van der Waals surface area contributed by atoms with Crippen LogP contribution in [-0.4, -0.2) is 47.9 Å². The van der Waals surface area contributed by atoms with Crippen molar-refractivity contribution in [3.63, 3.8) is 0 Å².